The number of rotatable bonds is 5. The molecule has 0 bridgehead atoms. The number of carbonyl (C=O) groups is 2. The summed E-state index contributed by atoms with van der Waals surface area (Å²) in [5.74, 6) is -0.724. The van der Waals surface area contributed by atoms with Crippen molar-refractivity contribution in [2.45, 2.75) is 31.7 Å². The van der Waals surface area contributed by atoms with Crippen LogP contribution in [0.1, 0.15) is 25.7 Å². The van der Waals surface area contributed by atoms with Crippen molar-refractivity contribution >= 4 is 12.0 Å². The average molecular weight is 270 g/mol. The summed E-state index contributed by atoms with van der Waals surface area (Å²) >= 11 is 0. The lowest BCUT2D eigenvalue weighted by Crippen LogP contribution is -2.51. The zero-order chi connectivity index (χ0) is 13.8. The highest BCUT2D eigenvalue weighted by Crippen LogP contribution is 2.32. The lowest BCUT2D eigenvalue weighted by Gasteiger charge is -2.32. The number of nitrogens with zero attached hydrogens (tertiary/aromatic N) is 1. The van der Waals surface area contributed by atoms with Crippen LogP contribution in [0, 0.1) is 11.8 Å². The summed E-state index contributed by atoms with van der Waals surface area (Å²) in [7, 11) is 1.63. The number of ether oxygens (including phenoxy) is 1. The van der Waals surface area contributed by atoms with E-state index in [9.17, 15) is 9.59 Å². The topological polar surface area (TPSA) is 78.9 Å². The lowest BCUT2D eigenvalue weighted by atomic mass is 9.99. The van der Waals surface area contributed by atoms with Crippen molar-refractivity contribution in [1.82, 2.24) is 10.2 Å². The second-order valence-corrected chi connectivity index (χ2v) is 5.47. The fourth-order valence-corrected chi connectivity index (χ4v) is 2.59. The number of aliphatic carboxylic acids is 1. The fourth-order valence-electron chi connectivity index (χ4n) is 2.59. The van der Waals surface area contributed by atoms with E-state index in [0.717, 1.165) is 19.3 Å². The van der Waals surface area contributed by atoms with Crippen LogP contribution in [0.5, 0.6) is 0 Å². The van der Waals surface area contributed by atoms with E-state index in [1.165, 1.54) is 0 Å². The molecule has 2 rings (SSSR count). The molecule has 2 N–H and O–H groups in total. The monoisotopic (exact) mass is 270 g/mol. The molecule has 0 aromatic rings. The van der Waals surface area contributed by atoms with E-state index in [1.807, 2.05) is 0 Å². The number of nitrogens with one attached hydrogen (secondary N) is 1. The van der Waals surface area contributed by atoms with Crippen molar-refractivity contribution in [1.29, 1.82) is 0 Å². The highest BCUT2D eigenvalue weighted by molar-refractivity contribution is 5.76. The van der Waals surface area contributed by atoms with Gasteiger partial charge in [0.1, 0.15) is 0 Å². The average Bonchev–Trinajstić information content (AvgIpc) is 3.22. The van der Waals surface area contributed by atoms with E-state index < -0.39 is 11.9 Å². The van der Waals surface area contributed by atoms with Crippen LogP contribution in [0.2, 0.25) is 0 Å². The van der Waals surface area contributed by atoms with Crippen molar-refractivity contribution in [3.8, 4) is 0 Å². The summed E-state index contributed by atoms with van der Waals surface area (Å²) in [5, 5.41) is 12.0. The number of piperidine rings is 1. The second-order valence-electron chi connectivity index (χ2n) is 5.47. The van der Waals surface area contributed by atoms with Gasteiger partial charge in [-0.1, -0.05) is 0 Å². The van der Waals surface area contributed by atoms with E-state index in [0.29, 0.717) is 32.0 Å². The molecule has 19 heavy (non-hydrogen) atoms. The third-order valence-electron chi connectivity index (χ3n) is 3.90. The van der Waals surface area contributed by atoms with Gasteiger partial charge in [0, 0.05) is 20.2 Å². The number of methoxy groups -OCH3 is 1. The molecule has 108 valence electrons. The SMILES string of the molecule is COCC(NC(=O)N1CCCC(C(=O)O)C1)C1CC1. The molecule has 6 nitrogen and oxygen atoms in total. The zero-order valence-corrected chi connectivity index (χ0v) is 11.3. The Morgan fingerprint density at radius 1 is 1.42 bits per heavy atom. The molecule has 2 fully saturated rings. The van der Waals surface area contributed by atoms with Crippen LogP contribution >= 0.6 is 0 Å². The molecular weight excluding hydrogens is 248 g/mol. The summed E-state index contributed by atoms with van der Waals surface area (Å²) in [6.07, 6.45) is 3.67. The predicted molar refractivity (Wildman–Crippen MR) is 68.9 cm³/mol. The van der Waals surface area contributed by atoms with Gasteiger partial charge in [-0.05, 0) is 31.6 Å². The Hall–Kier alpha value is -1.30. The summed E-state index contributed by atoms with van der Waals surface area (Å²) in [5.41, 5.74) is 0. The van der Waals surface area contributed by atoms with Gasteiger partial charge in [0.15, 0.2) is 0 Å². The Bertz CT molecular complexity index is 344. The van der Waals surface area contributed by atoms with Crippen LogP contribution in [-0.4, -0.2) is 54.9 Å². The maximum atomic E-state index is 12.2. The van der Waals surface area contributed by atoms with Crippen molar-refractivity contribution in [2.75, 3.05) is 26.8 Å². The van der Waals surface area contributed by atoms with Gasteiger partial charge in [-0.2, -0.15) is 0 Å². The molecule has 1 aliphatic heterocycles. The number of hydrogen-bond acceptors (Lipinski definition) is 3. The van der Waals surface area contributed by atoms with Gasteiger partial charge in [0.25, 0.3) is 0 Å². The largest absolute Gasteiger partial charge is 0.481 e. The number of amides is 2. The first-order valence-corrected chi connectivity index (χ1v) is 6.89. The van der Waals surface area contributed by atoms with Crippen LogP contribution in [0.4, 0.5) is 4.79 Å². The van der Waals surface area contributed by atoms with Crippen LogP contribution in [0.3, 0.4) is 0 Å². The number of carboxylic acid groups (broad SMARTS) is 1. The number of urea groups is 1. The normalized spacial score (nSPS) is 24.9. The van der Waals surface area contributed by atoms with Crippen molar-refractivity contribution < 1.29 is 19.4 Å². The molecule has 2 aliphatic rings. The van der Waals surface area contributed by atoms with Crippen molar-refractivity contribution in [3.63, 3.8) is 0 Å². The van der Waals surface area contributed by atoms with Gasteiger partial charge in [0.2, 0.25) is 0 Å². The first kappa shape index (κ1) is 14.1. The first-order chi connectivity index (χ1) is 9.11. The molecule has 6 heteroatoms. The maximum Gasteiger partial charge on any atom is 0.317 e. The van der Waals surface area contributed by atoms with Gasteiger partial charge >= 0.3 is 12.0 Å². The highest BCUT2D eigenvalue weighted by Gasteiger charge is 2.34. The maximum absolute atomic E-state index is 12.2. The summed E-state index contributed by atoms with van der Waals surface area (Å²) in [4.78, 5) is 24.8. The molecule has 2 unspecified atom stereocenters. The summed E-state index contributed by atoms with van der Waals surface area (Å²) < 4.78 is 5.13. The Balaban J connectivity index is 1.85. The van der Waals surface area contributed by atoms with Gasteiger partial charge < -0.3 is 20.1 Å². The van der Waals surface area contributed by atoms with E-state index in [4.69, 9.17) is 9.84 Å². The molecule has 0 aromatic heterocycles. The van der Waals surface area contributed by atoms with Gasteiger partial charge in [0.05, 0.1) is 18.6 Å². The van der Waals surface area contributed by atoms with E-state index >= 15 is 0 Å². The molecular formula is C13H22N2O4. The third kappa shape index (κ3) is 3.83. The van der Waals surface area contributed by atoms with Crippen molar-refractivity contribution in [3.05, 3.63) is 0 Å². The van der Waals surface area contributed by atoms with Crippen LogP contribution in [0.15, 0.2) is 0 Å². The van der Waals surface area contributed by atoms with E-state index in [2.05, 4.69) is 5.32 Å². The lowest BCUT2D eigenvalue weighted by molar-refractivity contribution is -0.143. The van der Waals surface area contributed by atoms with Gasteiger partial charge in [-0.15, -0.1) is 0 Å². The molecule has 0 spiro atoms. The van der Waals surface area contributed by atoms with E-state index in [1.54, 1.807) is 12.0 Å². The standard InChI is InChI=1S/C13H22N2O4/c1-19-8-11(9-4-5-9)14-13(18)15-6-2-3-10(7-15)12(16)17/h9-11H,2-8H2,1H3,(H,14,18)(H,16,17). The minimum atomic E-state index is -0.812. The number of hydrogen-bond donors (Lipinski definition) is 2. The molecule has 0 aromatic carbocycles. The molecule has 1 aliphatic carbocycles. The predicted octanol–water partition coefficient (Wildman–Crippen LogP) is 0.918. The summed E-state index contributed by atoms with van der Waals surface area (Å²) in [6.45, 7) is 1.47. The Morgan fingerprint density at radius 3 is 2.74 bits per heavy atom. The Morgan fingerprint density at radius 2 is 2.16 bits per heavy atom. The van der Waals surface area contributed by atoms with Gasteiger partial charge in [-0.25, -0.2) is 4.79 Å². The first-order valence-electron chi connectivity index (χ1n) is 6.89. The third-order valence-corrected chi connectivity index (χ3v) is 3.90. The molecule has 1 saturated heterocycles. The molecule has 1 heterocycles. The molecule has 1 saturated carbocycles. The molecule has 0 radical (unpaired) electrons. The number of carbonyl (C=O) groups excluding carboxylic acids is 1. The Kier molecular flexibility index (Phi) is 4.63. The number of carboxylic acids is 1. The molecule has 2 amide bonds. The minimum absolute atomic E-state index is 0.0581. The zero-order valence-electron chi connectivity index (χ0n) is 11.3. The van der Waals surface area contributed by atoms with Crippen LogP contribution in [0.25, 0.3) is 0 Å². The summed E-state index contributed by atoms with van der Waals surface area (Å²) in [6, 6.07) is -0.0948. The Labute approximate surface area is 113 Å². The number of likely N-dealkylation sites (tertiary alicyclic amines) is 1. The second kappa shape index (κ2) is 6.23. The smallest absolute Gasteiger partial charge is 0.317 e. The van der Waals surface area contributed by atoms with Crippen molar-refractivity contribution in [2.24, 2.45) is 11.8 Å². The molecule has 2 atom stereocenters. The van der Waals surface area contributed by atoms with E-state index in [-0.39, 0.29) is 12.1 Å². The fraction of sp³-hybridized carbons (Fsp3) is 0.846. The highest BCUT2D eigenvalue weighted by atomic mass is 16.5. The van der Waals surface area contributed by atoms with Crippen LogP contribution < -0.4 is 5.32 Å². The van der Waals surface area contributed by atoms with Gasteiger partial charge in [-0.3, -0.25) is 4.79 Å². The quantitative estimate of drug-likeness (QED) is 0.778. The van der Waals surface area contributed by atoms with Crippen LogP contribution in [-0.2, 0) is 9.53 Å². The minimum Gasteiger partial charge on any atom is -0.481 e.